The van der Waals surface area contributed by atoms with Gasteiger partial charge in [0.25, 0.3) is 0 Å². The number of hydrogen-bond donors (Lipinski definition) is 10. The minimum Gasteiger partial charge on any atom is -0.391 e. The Morgan fingerprint density at radius 3 is 1.85 bits per heavy atom. The minimum absolute atomic E-state index is 0.0314. The second-order valence-electron chi connectivity index (χ2n) is 15.3. The molecule has 19 heteroatoms. The Labute approximate surface area is 343 Å². The van der Waals surface area contributed by atoms with Crippen molar-refractivity contribution in [3.05, 3.63) is 48.0 Å². The number of rotatable bonds is 13. The highest BCUT2D eigenvalue weighted by molar-refractivity contribution is 5.99. The molecule has 2 fully saturated rings. The van der Waals surface area contributed by atoms with Gasteiger partial charge in [0, 0.05) is 26.1 Å². The molecule has 2 heterocycles. The summed E-state index contributed by atoms with van der Waals surface area (Å²) < 4.78 is 0. The number of nitrogens with zero attached hydrogens (tertiary/aromatic N) is 3. The van der Waals surface area contributed by atoms with Crippen LogP contribution in [0, 0.1) is 5.92 Å². The van der Waals surface area contributed by atoms with Crippen LogP contribution in [0.4, 0.5) is 0 Å². The number of carbonyl (C=O) groups is 6. The highest BCUT2D eigenvalue weighted by Gasteiger charge is 2.41. The molecule has 0 aromatic heterocycles. The van der Waals surface area contributed by atoms with Crippen LogP contribution in [0.15, 0.2) is 52.4 Å². The van der Waals surface area contributed by atoms with Crippen LogP contribution in [0.3, 0.4) is 0 Å². The molecule has 0 unspecified atom stereocenters. The van der Waals surface area contributed by atoms with Gasteiger partial charge < -0.3 is 59.5 Å². The summed E-state index contributed by atoms with van der Waals surface area (Å²) in [5.41, 5.74) is 22.8. The first-order valence-electron chi connectivity index (χ1n) is 20.2. The van der Waals surface area contributed by atoms with E-state index in [2.05, 4.69) is 36.6 Å². The number of aliphatic imine (C=N–C) groups is 2. The molecule has 0 bridgehead atoms. The van der Waals surface area contributed by atoms with Gasteiger partial charge in [-0.2, -0.15) is 0 Å². The summed E-state index contributed by atoms with van der Waals surface area (Å²) in [7, 11) is 0. The van der Waals surface area contributed by atoms with Gasteiger partial charge in [-0.05, 0) is 67.7 Å². The number of carbonyl (C=O) groups excluding carboxylic acids is 6. The molecule has 2 aliphatic heterocycles. The van der Waals surface area contributed by atoms with Crippen LogP contribution in [0.5, 0.6) is 0 Å². The molecular weight excluding hydrogens is 761 g/mol. The Bertz CT molecular complexity index is 1880. The molecule has 19 nitrogen and oxygen atoms in total. The smallest absolute Gasteiger partial charge is 0.246 e. The average molecular weight is 821 g/mol. The van der Waals surface area contributed by atoms with E-state index in [1.54, 1.807) is 6.92 Å². The van der Waals surface area contributed by atoms with E-state index in [4.69, 9.17) is 22.9 Å². The molecule has 14 N–H and O–H groups in total. The molecule has 4 rings (SSSR count). The summed E-state index contributed by atoms with van der Waals surface area (Å²) in [6.45, 7) is 5.31. The monoisotopic (exact) mass is 820 g/mol. The minimum atomic E-state index is -1.50. The molecule has 0 radical (unpaired) electrons. The first-order chi connectivity index (χ1) is 28.1. The van der Waals surface area contributed by atoms with Crippen molar-refractivity contribution in [3.63, 3.8) is 0 Å². The largest absolute Gasteiger partial charge is 0.391 e. The van der Waals surface area contributed by atoms with E-state index in [-0.39, 0.29) is 70.1 Å². The summed E-state index contributed by atoms with van der Waals surface area (Å²) in [6, 6.07) is 5.96. The number of hydrogen-bond acceptors (Lipinski definition) is 9. The van der Waals surface area contributed by atoms with Crippen molar-refractivity contribution in [2.75, 3.05) is 19.6 Å². The standard InChI is InChI=1S/C40H60N12O7/c1-4-22(2)31-36(57)48-28(13-8-18-46-40(43)44)33(54)47-27(12-7-17-45-39(41)42)34(55)49-29(21-24-15-16-25-10-5-6-11-26(25)20-24)38(59)52-19-9-14-30(52)35(56)51-32(23(3)53)37(58)50-31/h5-6,10-11,15-16,20,22-23,27-32,53H,4,7-9,12-14,17-19,21H2,1-3H3,(H,47,54)(H,48,57)(H,49,55)(H,50,58)(H,51,56)(H4,41,42,45)(H4,43,44,46)/t22-,23+,27-,28+,29-,30+,31-,32-/m0/s1. The van der Waals surface area contributed by atoms with Gasteiger partial charge in [-0.1, -0.05) is 62.7 Å². The van der Waals surface area contributed by atoms with Crippen LogP contribution >= 0.6 is 0 Å². The molecule has 2 aliphatic rings. The number of guanidine groups is 2. The maximum Gasteiger partial charge on any atom is 0.246 e. The van der Waals surface area contributed by atoms with Crippen molar-refractivity contribution in [3.8, 4) is 0 Å². The highest BCUT2D eigenvalue weighted by atomic mass is 16.3. The molecule has 0 spiro atoms. The van der Waals surface area contributed by atoms with E-state index in [0.29, 0.717) is 12.8 Å². The number of aliphatic hydroxyl groups excluding tert-OH is 1. The van der Waals surface area contributed by atoms with E-state index in [0.717, 1.165) is 16.3 Å². The zero-order valence-electron chi connectivity index (χ0n) is 34.0. The van der Waals surface area contributed by atoms with Gasteiger partial charge in [0.2, 0.25) is 35.4 Å². The van der Waals surface area contributed by atoms with Gasteiger partial charge in [-0.3, -0.25) is 38.8 Å². The van der Waals surface area contributed by atoms with Crippen molar-refractivity contribution < 1.29 is 33.9 Å². The van der Waals surface area contributed by atoms with Crippen LogP contribution in [0.1, 0.15) is 71.3 Å². The van der Waals surface area contributed by atoms with Gasteiger partial charge >= 0.3 is 0 Å². The lowest BCUT2D eigenvalue weighted by atomic mass is 9.96. The van der Waals surface area contributed by atoms with Crippen LogP contribution < -0.4 is 49.5 Å². The van der Waals surface area contributed by atoms with Crippen LogP contribution in [-0.2, 0) is 35.2 Å². The number of fused-ring (bicyclic) bond motifs is 2. The van der Waals surface area contributed by atoms with Crippen molar-refractivity contribution in [1.82, 2.24) is 31.5 Å². The molecule has 2 aromatic carbocycles. The first-order valence-corrected chi connectivity index (χ1v) is 20.2. The van der Waals surface area contributed by atoms with E-state index in [1.165, 1.54) is 11.8 Å². The molecule has 6 amide bonds. The van der Waals surface area contributed by atoms with Gasteiger partial charge in [-0.15, -0.1) is 0 Å². The van der Waals surface area contributed by atoms with Gasteiger partial charge in [0.1, 0.15) is 36.3 Å². The predicted molar refractivity (Wildman–Crippen MR) is 223 cm³/mol. The van der Waals surface area contributed by atoms with E-state index < -0.39 is 83.7 Å². The quantitative estimate of drug-likeness (QED) is 0.0620. The second-order valence-corrected chi connectivity index (χ2v) is 15.3. The van der Waals surface area contributed by atoms with Crippen molar-refractivity contribution in [2.45, 2.75) is 114 Å². The highest BCUT2D eigenvalue weighted by Crippen LogP contribution is 2.22. The average Bonchev–Trinajstić information content (AvgIpc) is 3.69. The molecule has 2 aromatic rings. The van der Waals surface area contributed by atoms with Crippen molar-refractivity contribution in [2.24, 2.45) is 38.8 Å². The van der Waals surface area contributed by atoms with Gasteiger partial charge in [0.05, 0.1) is 6.10 Å². The molecule has 0 saturated carbocycles. The Hall–Kier alpha value is -5.98. The molecular formula is C40H60N12O7. The molecule has 2 saturated heterocycles. The number of benzene rings is 2. The van der Waals surface area contributed by atoms with E-state index >= 15 is 0 Å². The number of amides is 6. The third kappa shape index (κ3) is 13.0. The third-order valence-corrected chi connectivity index (χ3v) is 10.7. The Morgan fingerprint density at radius 1 is 0.729 bits per heavy atom. The Kier molecular flexibility index (Phi) is 16.8. The Balaban J connectivity index is 1.79. The summed E-state index contributed by atoms with van der Waals surface area (Å²) in [5.74, 6) is -4.94. The SMILES string of the molecule is CC[C@H](C)[C@@H]1NC(=O)[C@H]([C@@H](C)O)NC(=O)[C@H]2CCCN2C(=O)[C@H](Cc2ccc3ccccc3c2)NC(=O)[C@H](CCCN=C(N)N)NC(=O)[C@@H](CCCN=C(N)N)NC1=O. The topological polar surface area (TPSA) is 315 Å². The van der Waals surface area contributed by atoms with E-state index in [9.17, 15) is 33.9 Å². The zero-order chi connectivity index (χ0) is 43.2. The fraction of sp³-hybridized carbons (Fsp3) is 0.550. The number of aliphatic hydroxyl groups is 1. The maximum absolute atomic E-state index is 14.6. The molecule has 8 atom stereocenters. The Morgan fingerprint density at radius 2 is 1.27 bits per heavy atom. The fourth-order valence-corrected chi connectivity index (χ4v) is 7.26. The lowest BCUT2D eigenvalue weighted by Gasteiger charge is -2.33. The van der Waals surface area contributed by atoms with Crippen molar-refractivity contribution in [1.29, 1.82) is 0 Å². The normalized spacial score (nSPS) is 24.6. The summed E-state index contributed by atoms with van der Waals surface area (Å²) in [6.07, 6.45) is 0.357. The molecule has 322 valence electrons. The lowest BCUT2D eigenvalue weighted by Crippen LogP contribution is -2.63. The fourth-order valence-electron chi connectivity index (χ4n) is 7.26. The van der Waals surface area contributed by atoms with Gasteiger partial charge in [0.15, 0.2) is 11.9 Å². The molecule has 0 aliphatic carbocycles. The van der Waals surface area contributed by atoms with Crippen molar-refractivity contribution >= 4 is 58.1 Å². The summed E-state index contributed by atoms with van der Waals surface area (Å²) in [5, 5.41) is 26.3. The summed E-state index contributed by atoms with van der Waals surface area (Å²) >= 11 is 0. The second kappa shape index (κ2) is 21.7. The number of nitrogens with one attached hydrogen (secondary N) is 5. The zero-order valence-corrected chi connectivity index (χ0v) is 34.0. The van der Waals surface area contributed by atoms with Crippen LogP contribution in [0.2, 0.25) is 0 Å². The first kappa shape index (κ1) is 45.7. The molecule has 59 heavy (non-hydrogen) atoms. The number of nitrogens with two attached hydrogens (primary N) is 4. The van der Waals surface area contributed by atoms with Crippen LogP contribution in [-0.4, -0.2) is 119 Å². The third-order valence-electron chi connectivity index (χ3n) is 10.7. The predicted octanol–water partition coefficient (Wildman–Crippen LogP) is -1.65. The maximum atomic E-state index is 14.6. The van der Waals surface area contributed by atoms with Crippen LogP contribution in [0.25, 0.3) is 10.8 Å². The lowest BCUT2D eigenvalue weighted by molar-refractivity contribution is -0.143. The summed E-state index contributed by atoms with van der Waals surface area (Å²) in [4.78, 5) is 94.2. The van der Waals surface area contributed by atoms with Gasteiger partial charge in [-0.25, -0.2) is 0 Å². The van der Waals surface area contributed by atoms with E-state index in [1.807, 2.05) is 49.4 Å².